The summed E-state index contributed by atoms with van der Waals surface area (Å²) in [4.78, 5) is 27.1. The van der Waals surface area contributed by atoms with E-state index >= 15 is 0 Å². The van der Waals surface area contributed by atoms with Gasteiger partial charge < -0.3 is 15.5 Å². The van der Waals surface area contributed by atoms with Gasteiger partial charge in [0.25, 0.3) is 0 Å². The highest BCUT2D eigenvalue weighted by atomic mass is 19.1. The molecule has 0 bridgehead atoms. The van der Waals surface area contributed by atoms with Crippen LogP contribution in [0.4, 0.5) is 22.1 Å². The van der Waals surface area contributed by atoms with E-state index in [1.165, 1.54) is 25.0 Å². The number of nitrogens with zero attached hydrogens (tertiary/aromatic N) is 5. The fourth-order valence-corrected chi connectivity index (χ4v) is 3.36. The molecule has 158 valence electrons. The first-order chi connectivity index (χ1) is 15.1. The Kier molecular flexibility index (Phi) is 5.03. The van der Waals surface area contributed by atoms with Gasteiger partial charge in [0, 0.05) is 30.8 Å². The molecule has 0 unspecified atom stereocenters. The van der Waals surface area contributed by atoms with Crippen LogP contribution in [0.25, 0.3) is 12.2 Å². The maximum absolute atomic E-state index is 13.5. The minimum absolute atomic E-state index is 0.0839. The summed E-state index contributed by atoms with van der Waals surface area (Å²) in [6.45, 7) is 1.28. The third kappa shape index (κ3) is 4.68. The molecule has 3 N–H and O–H groups in total. The number of benzene rings is 1. The van der Waals surface area contributed by atoms with Gasteiger partial charge in [0.05, 0.1) is 6.54 Å². The van der Waals surface area contributed by atoms with Crippen LogP contribution < -0.4 is 15.5 Å². The largest absolute Gasteiger partial charge is 0.353 e. The lowest BCUT2D eigenvalue weighted by atomic mass is 10.2. The molecular formula is C21H21FN8O. The zero-order valence-corrected chi connectivity index (χ0v) is 16.7. The van der Waals surface area contributed by atoms with Crippen molar-refractivity contribution in [2.24, 2.45) is 0 Å². The lowest BCUT2D eigenvalue weighted by Crippen LogP contribution is -2.48. The molecule has 1 amide bonds. The van der Waals surface area contributed by atoms with Crippen LogP contribution in [0.5, 0.6) is 0 Å². The molecule has 1 saturated heterocycles. The number of piperazine rings is 1. The molecule has 5 rings (SSSR count). The molecule has 1 aliphatic carbocycles. The summed E-state index contributed by atoms with van der Waals surface area (Å²) in [5, 5.41) is 13.2. The summed E-state index contributed by atoms with van der Waals surface area (Å²) < 4.78 is 13.5. The molecule has 9 nitrogen and oxygen atoms in total. The number of aromatic amines is 1. The molecule has 3 aromatic rings. The van der Waals surface area contributed by atoms with E-state index in [-0.39, 0.29) is 18.3 Å². The van der Waals surface area contributed by atoms with Gasteiger partial charge in [-0.05, 0) is 36.6 Å². The second-order valence-electron chi connectivity index (χ2n) is 7.58. The van der Waals surface area contributed by atoms with Gasteiger partial charge >= 0.3 is 0 Å². The van der Waals surface area contributed by atoms with E-state index in [1.807, 2.05) is 6.07 Å². The zero-order valence-electron chi connectivity index (χ0n) is 16.7. The number of carbonyl (C=O) groups excluding carboxylic acids is 1. The molecule has 0 spiro atoms. The van der Waals surface area contributed by atoms with Crippen molar-refractivity contribution in [2.75, 3.05) is 29.9 Å². The summed E-state index contributed by atoms with van der Waals surface area (Å²) in [7, 11) is 0. The van der Waals surface area contributed by atoms with E-state index in [4.69, 9.17) is 0 Å². The van der Waals surface area contributed by atoms with Crippen molar-refractivity contribution in [3.05, 3.63) is 53.2 Å². The number of rotatable bonds is 6. The van der Waals surface area contributed by atoms with Crippen LogP contribution in [-0.4, -0.2) is 50.7 Å². The van der Waals surface area contributed by atoms with Crippen molar-refractivity contribution >= 4 is 35.8 Å². The van der Waals surface area contributed by atoms with E-state index in [9.17, 15) is 9.18 Å². The van der Waals surface area contributed by atoms with Gasteiger partial charge in [0.15, 0.2) is 11.6 Å². The summed E-state index contributed by atoms with van der Waals surface area (Å²) in [6.07, 6.45) is 5.76. The molecule has 1 saturated carbocycles. The van der Waals surface area contributed by atoms with E-state index in [0.29, 0.717) is 48.1 Å². The minimum atomic E-state index is -0.315. The zero-order chi connectivity index (χ0) is 21.2. The van der Waals surface area contributed by atoms with Crippen molar-refractivity contribution in [1.29, 1.82) is 0 Å². The van der Waals surface area contributed by atoms with Gasteiger partial charge in [-0.2, -0.15) is 20.1 Å². The molecule has 0 radical (unpaired) electrons. The highest BCUT2D eigenvalue weighted by Crippen LogP contribution is 2.39. The fourth-order valence-electron chi connectivity index (χ4n) is 3.36. The van der Waals surface area contributed by atoms with Crippen molar-refractivity contribution in [1.82, 2.24) is 30.5 Å². The van der Waals surface area contributed by atoms with Crippen molar-refractivity contribution in [3.8, 4) is 0 Å². The molecule has 0 atom stereocenters. The molecule has 10 heteroatoms. The van der Waals surface area contributed by atoms with Crippen LogP contribution in [0, 0.1) is 5.82 Å². The standard InChI is InChI=1S/C21H21FN8O/c22-15-3-1-2-13(10-15)4-7-17-24-20(25-18-11-16(28-29-18)14-5-6-14)27-21(26-17)30-9-8-23-19(31)12-30/h1-4,7,10-11,14H,5-6,8-9,12H2,(H,23,31)(H2,24,25,26,27,28,29)/b7-4+. The number of hydrogen-bond donors (Lipinski definition) is 3. The van der Waals surface area contributed by atoms with Crippen LogP contribution in [0.2, 0.25) is 0 Å². The molecule has 2 aliphatic rings. The molecule has 2 fully saturated rings. The minimum Gasteiger partial charge on any atom is -0.353 e. The average molecular weight is 420 g/mol. The fraction of sp³-hybridized carbons (Fsp3) is 0.286. The Labute approximate surface area is 177 Å². The lowest BCUT2D eigenvalue weighted by molar-refractivity contribution is -0.120. The summed E-state index contributed by atoms with van der Waals surface area (Å²) in [5.41, 5.74) is 1.78. The number of carbonyl (C=O) groups is 1. The second kappa shape index (κ2) is 8.13. The Morgan fingerprint density at radius 1 is 1.16 bits per heavy atom. The van der Waals surface area contributed by atoms with Gasteiger partial charge in [-0.3, -0.25) is 9.89 Å². The highest BCUT2D eigenvalue weighted by Gasteiger charge is 2.26. The quantitative estimate of drug-likeness (QED) is 0.562. The molecule has 3 heterocycles. The number of anilines is 3. The number of halogens is 1. The van der Waals surface area contributed by atoms with E-state index in [1.54, 1.807) is 29.2 Å². The average Bonchev–Trinajstić information content (AvgIpc) is 3.51. The number of aromatic nitrogens is 5. The monoisotopic (exact) mass is 420 g/mol. The van der Waals surface area contributed by atoms with Crippen LogP contribution in [0.15, 0.2) is 30.3 Å². The first-order valence-electron chi connectivity index (χ1n) is 10.2. The van der Waals surface area contributed by atoms with Gasteiger partial charge in [-0.25, -0.2) is 4.39 Å². The SMILES string of the molecule is O=C1CN(c2nc(/C=C/c3cccc(F)c3)nc(Nc3cc(C4CC4)[nH]n3)n2)CCN1. The predicted octanol–water partition coefficient (Wildman–Crippen LogP) is 2.46. The van der Waals surface area contributed by atoms with Crippen LogP contribution >= 0.6 is 0 Å². The number of nitrogens with one attached hydrogen (secondary N) is 3. The van der Waals surface area contributed by atoms with Crippen molar-refractivity contribution in [3.63, 3.8) is 0 Å². The first-order valence-corrected chi connectivity index (χ1v) is 10.2. The Morgan fingerprint density at radius 3 is 2.87 bits per heavy atom. The third-order valence-corrected chi connectivity index (χ3v) is 5.09. The lowest BCUT2D eigenvalue weighted by Gasteiger charge is -2.26. The Bertz CT molecular complexity index is 1140. The van der Waals surface area contributed by atoms with Crippen molar-refractivity contribution in [2.45, 2.75) is 18.8 Å². The summed E-state index contributed by atoms with van der Waals surface area (Å²) in [6, 6.07) is 8.20. The number of H-pyrrole nitrogens is 1. The van der Waals surface area contributed by atoms with E-state index in [0.717, 1.165) is 5.69 Å². The van der Waals surface area contributed by atoms with E-state index < -0.39 is 0 Å². The topological polar surface area (TPSA) is 112 Å². The normalized spacial score (nSPS) is 16.5. The number of amides is 1. The predicted molar refractivity (Wildman–Crippen MR) is 114 cm³/mol. The third-order valence-electron chi connectivity index (χ3n) is 5.09. The van der Waals surface area contributed by atoms with Gasteiger partial charge in [0.1, 0.15) is 5.82 Å². The van der Waals surface area contributed by atoms with Gasteiger partial charge in [-0.15, -0.1) is 0 Å². The van der Waals surface area contributed by atoms with Crippen LogP contribution in [0.3, 0.4) is 0 Å². The Balaban J connectivity index is 1.44. The van der Waals surface area contributed by atoms with Gasteiger partial charge in [-0.1, -0.05) is 18.2 Å². The molecule has 1 aliphatic heterocycles. The maximum Gasteiger partial charge on any atom is 0.239 e. The van der Waals surface area contributed by atoms with Gasteiger partial charge in [0.2, 0.25) is 17.8 Å². The summed E-state index contributed by atoms with van der Waals surface area (Å²) >= 11 is 0. The van der Waals surface area contributed by atoms with Crippen LogP contribution in [-0.2, 0) is 4.79 Å². The molecular weight excluding hydrogens is 399 g/mol. The van der Waals surface area contributed by atoms with Crippen LogP contribution in [0.1, 0.15) is 35.8 Å². The number of hydrogen-bond acceptors (Lipinski definition) is 7. The first kappa shape index (κ1) is 19.2. The Morgan fingerprint density at radius 2 is 2.06 bits per heavy atom. The molecule has 31 heavy (non-hydrogen) atoms. The smallest absolute Gasteiger partial charge is 0.239 e. The second-order valence-corrected chi connectivity index (χ2v) is 7.58. The van der Waals surface area contributed by atoms with Crippen molar-refractivity contribution < 1.29 is 9.18 Å². The molecule has 1 aromatic carbocycles. The highest BCUT2D eigenvalue weighted by molar-refractivity contribution is 5.82. The summed E-state index contributed by atoms with van der Waals surface area (Å²) in [5.74, 6) is 1.88. The van der Waals surface area contributed by atoms with E-state index in [2.05, 4.69) is 35.8 Å². The molecule has 2 aromatic heterocycles. The maximum atomic E-state index is 13.5. The Hall–Kier alpha value is -3.82.